The quantitative estimate of drug-likeness (QED) is 0.727. The molecule has 0 atom stereocenters. The fourth-order valence-corrected chi connectivity index (χ4v) is 3.42. The van der Waals surface area contributed by atoms with Gasteiger partial charge < -0.3 is 5.32 Å². The Bertz CT molecular complexity index is 742. The van der Waals surface area contributed by atoms with Gasteiger partial charge in [0.25, 0.3) is 0 Å². The summed E-state index contributed by atoms with van der Waals surface area (Å²) in [5.74, 6) is -0.150. The van der Waals surface area contributed by atoms with E-state index in [0.717, 1.165) is 25.4 Å². The molecule has 1 N–H and O–H groups in total. The number of hydrogen-bond donors (Lipinski definition) is 1. The number of benzene rings is 2. The first-order chi connectivity index (χ1) is 9.72. The van der Waals surface area contributed by atoms with Gasteiger partial charge in [-0.1, -0.05) is 45.5 Å². The molecule has 2 nitrogen and oxygen atoms in total. The molecule has 0 radical (unpaired) electrons. The second-order valence-corrected chi connectivity index (χ2v) is 6.35. The highest BCUT2D eigenvalue weighted by Crippen LogP contribution is 2.28. The van der Waals surface area contributed by atoms with Crippen LogP contribution in [0.4, 0.5) is 9.52 Å². The highest BCUT2D eigenvalue weighted by Gasteiger charge is 2.05. The number of nitrogens with zero attached hydrogens (tertiary/aromatic N) is 1. The van der Waals surface area contributed by atoms with E-state index < -0.39 is 0 Å². The van der Waals surface area contributed by atoms with Crippen molar-refractivity contribution in [2.24, 2.45) is 0 Å². The summed E-state index contributed by atoms with van der Waals surface area (Å²) in [5.41, 5.74) is 1.70. The van der Waals surface area contributed by atoms with Crippen LogP contribution in [0.1, 0.15) is 5.56 Å². The molecule has 0 saturated heterocycles. The van der Waals surface area contributed by atoms with E-state index in [1.807, 2.05) is 24.3 Å². The minimum absolute atomic E-state index is 0.150. The first-order valence-corrected chi connectivity index (χ1v) is 7.87. The molecule has 0 aliphatic rings. The Balaban J connectivity index is 1.67. The van der Waals surface area contributed by atoms with Gasteiger partial charge in [-0.25, -0.2) is 9.37 Å². The Hall–Kier alpha value is -1.46. The third kappa shape index (κ3) is 2.99. The van der Waals surface area contributed by atoms with Gasteiger partial charge in [0.1, 0.15) is 5.82 Å². The van der Waals surface area contributed by atoms with Crippen molar-refractivity contribution < 1.29 is 4.39 Å². The fourth-order valence-electron chi connectivity index (χ4n) is 1.98. The van der Waals surface area contributed by atoms with Crippen LogP contribution in [0.2, 0.25) is 0 Å². The largest absolute Gasteiger partial charge is 0.361 e. The van der Waals surface area contributed by atoms with E-state index in [-0.39, 0.29) is 5.82 Å². The number of rotatable bonds is 4. The molecular formula is C15H12BrFN2S. The summed E-state index contributed by atoms with van der Waals surface area (Å²) in [6.07, 6.45) is 0.645. The highest BCUT2D eigenvalue weighted by molar-refractivity contribution is 9.10. The van der Waals surface area contributed by atoms with Crippen molar-refractivity contribution >= 4 is 42.6 Å². The van der Waals surface area contributed by atoms with E-state index in [0.29, 0.717) is 13.0 Å². The van der Waals surface area contributed by atoms with Gasteiger partial charge in [0.05, 0.1) is 10.2 Å². The van der Waals surface area contributed by atoms with Crippen molar-refractivity contribution in [3.05, 3.63) is 58.3 Å². The average molecular weight is 351 g/mol. The zero-order chi connectivity index (χ0) is 13.9. The molecule has 102 valence electrons. The average Bonchev–Trinajstić information content (AvgIpc) is 2.83. The molecule has 5 heteroatoms. The molecule has 0 aliphatic heterocycles. The molecule has 0 fully saturated rings. The van der Waals surface area contributed by atoms with Crippen LogP contribution in [0.15, 0.2) is 46.9 Å². The number of anilines is 1. The Labute approximate surface area is 128 Å². The van der Waals surface area contributed by atoms with Crippen molar-refractivity contribution in [1.29, 1.82) is 0 Å². The van der Waals surface area contributed by atoms with Crippen LogP contribution in [0, 0.1) is 5.82 Å². The fraction of sp³-hybridized carbons (Fsp3) is 0.133. The Morgan fingerprint density at radius 2 is 2.05 bits per heavy atom. The van der Waals surface area contributed by atoms with Crippen LogP contribution in [-0.4, -0.2) is 11.5 Å². The second-order valence-electron chi connectivity index (χ2n) is 4.40. The lowest BCUT2D eigenvalue weighted by molar-refractivity contribution is 0.610. The lowest BCUT2D eigenvalue weighted by Crippen LogP contribution is -2.05. The van der Waals surface area contributed by atoms with Crippen molar-refractivity contribution in [2.45, 2.75) is 6.42 Å². The molecule has 0 saturated carbocycles. The lowest BCUT2D eigenvalue weighted by atomic mass is 10.1. The van der Waals surface area contributed by atoms with E-state index in [1.54, 1.807) is 17.4 Å². The van der Waals surface area contributed by atoms with Crippen LogP contribution in [0.3, 0.4) is 0 Å². The normalized spacial score (nSPS) is 10.9. The van der Waals surface area contributed by atoms with Crippen LogP contribution in [-0.2, 0) is 6.42 Å². The number of hydrogen-bond acceptors (Lipinski definition) is 3. The maximum absolute atomic E-state index is 13.5. The first-order valence-electron chi connectivity index (χ1n) is 6.26. The highest BCUT2D eigenvalue weighted by atomic mass is 79.9. The minimum Gasteiger partial charge on any atom is -0.361 e. The Morgan fingerprint density at radius 3 is 2.90 bits per heavy atom. The van der Waals surface area contributed by atoms with Crippen LogP contribution >= 0.6 is 27.3 Å². The molecular weight excluding hydrogens is 339 g/mol. The third-order valence-corrected chi connectivity index (χ3v) is 4.45. The molecule has 1 aromatic heterocycles. The molecule has 3 rings (SSSR count). The first kappa shape index (κ1) is 13.5. The maximum atomic E-state index is 13.5. The smallest absolute Gasteiger partial charge is 0.183 e. The lowest BCUT2D eigenvalue weighted by Gasteiger charge is -2.03. The summed E-state index contributed by atoms with van der Waals surface area (Å²) in [4.78, 5) is 4.50. The molecule has 0 spiro atoms. The van der Waals surface area contributed by atoms with Gasteiger partial charge in [0.15, 0.2) is 5.13 Å². The van der Waals surface area contributed by atoms with Crippen molar-refractivity contribution in [2.75, 3.05) is 11.9 Å². The van der Waals surface area contributed by atoms with Gasteiger partial charge in [0, 0.05) is 11.0 Å². The van der Waals surface area contributed by atoms with Crippen LogP contribution in [0.25, 0.3) is 10.2 Å². The van der Waals surface area contributed by atoms with Gasteiger partial charge in [-0.05, 0) is 36.2 Å². The van der Waals surface area contributed by atoms with Crippen LogP contribution < -0.4 is 5.32 Å². The van der Waals surface area contributed by atoms with Crippen molar-refractivity contribution in [3.63, 3.8) is 0 Å². The predicted molar refractivity (Wildman–Crippen MR) is 85.9 cm³/mol. The van der Waals surface area contributed by atoms with Gasteiger partial charge in [-0.15, -0.1) is 0 Å². The molecule has 0 unspecified atom stereocenters. The molecule has 0 aliphatic carbocycles. The van der Waals surface area contributed by atoms with Gasteiger partial charge in [-0.2, -0.15) is 0 Å². The summed E-state index contributed by atoms with van der Waals surface area (Å²) in [6.45, 7) is 0.669. The zero-order valence-corrected chi connectivity index (χ0v) is 13.0. The molecule has 1 heterocycles. The third-order valence-electron chi connectivity index (χ3n) is 2.98. The number of nitrogens with one attached hydrogen (secondary N) is 1. The van der Waals surface area contributed by atoms with Crippen molar-refractivity contribution in [1.82, 2.24) is 4.98 Å². The molecule has 0 amide bonds. The van der Waals surface area contributed by atoms with Crippen LogP contribution in [0.5, 0.6) is 0 Å². The number of fused-ring (bicyclic) bond motifs is 1. The molecule has 20 heavy (non-hydrogen) atoms. The monoisotopic (exact) mass is 350 g/mol. The zero-order valence-electron chi connectivity index (χ0n) is 10.6. The summed E-state index contributed by atoms with van der Waals surface area (Å²) in [6, 6.07) is 12.9. The van der Waals surface area contributed by atoms with E-state index >= 15 is 0 Å². The Morgan fingerprint density at radius 1 is 1.20 bits per heavy atom. The van der Waals surface area contributed by atoms with E-state index in [4.69, 9.17) is 0 Å². The molecule has 3 aromatic rings. The Kier molecular flexibility index (Phi) is 3.98. The summed E-state index contributed by atoms with van der Waals surface area (Å²) < 4.78 is 15.7. The van der Waals surface area contributed by atoms with Gasteiger partial charge in [0.2, 0.25) is 0 Å². The number of aromatic nitrogens is 1. The van der Waals surface area contributed by atoms with E-state index in [9.17, 15) is 4.39 Å². The molecule has 0 bridgehead atoms. The van der Waals surface area contributed by atoms with E-state index in [1.165, 1.54) is 6.07 Å². The minimum atomic E-state index is -0.150. The van der Waals surface area contributed by atoms with E-state index in [2.05, 4.69) is 32.3 Å². The number of halogens is 2. The standard InChI is InChI=1S/C15H12BrFN2S/c16-11-5-6-13-14(9-11)20-15(19-13)18-8-7-10-3-1-2-4-12(10)17/h1-6,9H,7-8H2,(H,18,19). The van der Waals surface area contributed by atoms with Gasteiger partial charge >= 0.3 is 0 Å². The number of thiazole rings is 1. The SMILES string of the molecule is Fc1ccccc1CCNc1nc2ccc(Br)cc2s1. The molecule has 2 aromatic carbocycles. The summed E-state index contributed by atoms with van der Waals surface area (Å²) in [7, 11) is 0. The van der Waals surface area contributed by atoms with Gasteiger partial charge in [-0.3, -0.25) is 0 Å². The topological polar surface area (TPSA) is 24.9 Å². The summed E-state index contributed by atoms with van der Waals surface area (Å²) in [5, 5.41) is 4.12. The predicted octanol–water partition coefficient (Wildman–Crippen LogP) is 4.85. The maximum Gasteiger partial charge on any atom is 0.183 e. The van der Waals surface area contributed by atoms with Crippen molar-refractivity contribution in [3.8, 4) is 0 Å². The second kappa shape index (κ2) is 5.89. The summed E-state index contributed by atoms with van der Waals surface area (Å²) >= 11 is 5.05.